The third-order valence-corrected chi connectivity index (χ3v) is 8.03. The van der Waals surface area contributed by atoms with Crippen LogP contribution in [0.4, 0.5) is 0 Å². The van der Waals surface area contributed by atoms with Crippen LogP contribution in [0.15, 0.2) is 0 Å². The second-order valence-electron chi connectivity index (χ2n) is 10.9. The minimum Gasteiger partial charge on any atom is -0.481 e. The van der Waals surface area contributed by atoms with E-state index >= 15 is 0 Å². The summed E-state index contributed by atoms with van der Waals surface area (Å²) in [4.78, 5) is 24.8. The van der Waals surface area contributed by atoms with Crippen LogP contribution in [0.5, 0.6) is 0 Å². The van der Waals surface area contributed by atoms with E-state index in [2.05, 4.69) is 13.8 Å². The van der Waals surface area contributed by atoms with E-state index in [4.69, 9.17) is 0 Å². The van der Waals surface area contributed by atoms with Gasteiger partial charge in [0.15, 0.2) is 0 Å². The van der Waals surface area contributed by atoms with Crippen LogP contribution >= 0.6 is 0 Å². The molecule has 0 amide bonds. The molecule has 0 spiro atoms. The van der Waals surface area contributed by atoms with Crippen molar-refractivity contribution in [2.45, 2.75) is 149 Å². The number of carboxylic acids is 2. The molecule has 0 aromatic heterocycles. The fourth-order valence-electron chi connectivity index (χ4n) is 5.95. The molecule has 1 aliphatic rings. The maximum Gasteiger partial charge on any atom is 0.310 e. The van der Waals surface area contributed by atoms with Gasteiger partial charge in [-0.15, -0.1) is 0 Å². The first-order valence-corrected chi connectivity index (χ1v) is 13.8. The van der Waals surface area contributed by atoms with Gasteiger partial charge in [-0.2, -0.15) is 0 Å². The van der Waals surface area contributed by atoms with Crippen molar-refractivity contribution in [2.75, 3.05) is 0 Å². The van der Waals surface area contributed by atoms with E-state index in [1.807, 2.05) is 6.92 Å². The second kappa shape index (κ2) is 15.7. The number of carboxylic acid groups (broad SMARTS) is 2. The van der Waals surface area contributed by atoms with E-state index in [0.717, 1.165) is 50.9 Å². The van der Waals surface area contributed by atoms with Gasteiger partial charge in [0.25, 0.3) is 0 Å². The Kier molecular flexibility index (Phi) is 14.2. The average Bonchev–Trinajstić information content (AvgIpc) is 2.75. The van der Waals surface area contributed by atoms with E-state index in [9.17, 15) is 19.8 Å². The van der Waals surface area contributed by atoms with Crippen molar-refractivity contribution in [1.82, 2.24) is 0 Å². The normalized spacial score (nSPS) is 23.5. The zero-order valence-electron chi connectivity index (χ0n) is 21.4. The van der Waals surface area contributed by atoms with Gasteiger partial charge in [0.1, 0.15) is 0 Å². The highest BCUT2D eigenvalue weighted by atomic mass is 16.4. The Hall–Kier alpha value is -1.06. The molecule has 0 aromatic carbocycles. The van der Waals surface area contributed by atoms with Crippen LogP contribution in [0.25, 0.3) is 0 Å². The van der Waals surface area contributed by atoms with Crippen molar-refractivity contribution < 1.29 is 19.8 Å². The van der Waals surface area contributed by atoms with Gasteiger partial charge in [-0.1, -0.05) is 124 Å². The Labute approximate surface area is 197 Å². The van der Waals surface area contributed by atoms with E-state index < -0.39 is 22.8 Å². The van der Waals surface area contributed by atoms with Crippen LogP contribution in [0.1, 0.15) is 149 Å². The van der Waals surface area contributed by atoms with E-state index in [0.29, 0.717) is 25.7 Å². The molecular formula is C28H52O4. The molecular weight excluding hydrogens is 400 g/mol. The lowest BCUT2D eigenvalue weighted by atomic mass is 9.52. The lowest BCUT2D eigenvalue weighted by Crippen LogP contribution is -2.54. The molecule has 0 saturated heterocycles. The second-order valence-corrected chi connectivity index (χ2v) is 10.9. The lowest BCUT2D eigenvalue weighted by Gasteiger charge is -2.48. The molecule has 1 aliphatic carbocycles. The molecule has 188 valence electrons. The molecule has 0 aromatic rings. The standard InChI is InChI=1S/C28H52O4/c1-4-5-20-27(25(29)30)22-17-18-23-28(27,26(31)32)21-16-14-12-10-8-6-7-9-11-13-15-19-24(2)3/h24H,4-23H2,1-3H3,(H,29,30)(H,31,32). The summed E-state index contributed by atoms with van der Waals surface area (Å²) in [6.07, 6.45) is 20.4. The zero-order chi connectivity index (χ0) is 23.9. The highest BCUT2D eigenvalue weighted by Gasteiger charge is 2.61. The molecule has 0 aliphatic heterocycles. The molecule has 0 heterocycles. The summed E-state index contributed by atoms with van der Waals surface area (Å²) in [5.41, 5.74) is -2.16. The third kappa shape index (κ3) is 8.71. The molecule has 2 unspecified atom stereocenters. The quantitative estimate of drug-likeness (QED) is 0.192. The maximum absolute atomic E-state index is 12.5. The largest absolute Gasteiger partial charge is 0.481 e. The number of rotatable bonds is 19. The topological polar surface area (TPSA) is 74.6 Å². The zero-order valence-corrected chi connectivity index (χ0v) is 21.4. The van der Waals surface area contributed by atoms with Crippen molar-refractivity contribution in [3.8, 4) is 0 Å². The molecule has 1 fully saturated rings. The molecule has 1 saturated carbocycles. The van der Waals surface area contributed by atoms with Crippen LogP contribution in [0.2, 0.25) is 0 Å². The van der Waals surface area contributed by atoms with Gasteiger partial charge in [-0.25, -0.2) is 0 Å². The molecule has 2 N–H and O–H groups in total. The first-order valence-electron chi connectivity index (χ1n) is 13.8. The van der Waals surface area contributed by atoms with Crippen LogP contribution in [0.3, 0.4) is 0 Å². The number of unbranched alkanes of at least 4 members (excludes halogenated alkanes) is 11. The summed E-state index contributed by atoms with van der Waals surface area (Å²) < 4.78 is 0. The summed E-state index contributed by atoms with van der Waals surface area (Å²) in [5, 5.41) is 20.4. The molecule has 4 heteroatoms. The van der Waals surface area contributed by atoms with Crippen molar-refractivity contribution in [2.24, 2.45) is 16.7 Å². The van der Waals surface area contributed by atoms with E-state index in [1.54, 1.807) is 0 Å². The fraction of sp³-hybridized carbons (Fsp3) is 0.929. The Morgan fingerprint density at radius 2 is 1.03 bits per heavy atom. The van der Waals surface area contributed by atoms with Crippen LogP contribution < -0.4 is 0 Å². The van der Waals surface area contributed by atoms with Gasteiger partial charge in [-0.3, -0.25) is 9.59 Å². The number of aliphatic carboxylic acids is 2. The molecule has 1 rings (SSSR count). The highest BCUT2D eigenvalue weighted by molar-refractivity contribution is 5.87. The van der Waals surface area contributed by atoms with Crippen molar-refractivity contribution in [1.29, 1.82) is 0 Å². The van der Waals surface area contributed by atoms with Crippen molar-refractivity contribution in [3.05, 3.63) is 0 Å². The molecule has 4 nitrogen and oxygen atoms in total. The Bertz CT molecular complexity index is 530. The first-order chi connectivity index (χ1) is 15.3. The number of hydrogen-bond acceptors (Lipinski definition) is 2. The van der Waals surface area contributed by atoms with E-state index in [1.165, 1.54) is 57.8 Å². The highest BCUT2D eigenvalue weighted by Crippen LogP contribution is 2.56. The monoisotopic (exact) mass is 452 g/mol. The molecule has 0 radical (unpaired) electrons. The smallest absolute Gasteiger partial charge is 0.310 e. The summed E-state index contributed by atoms with van der Waals surface area (Å²) >= 11 is 0. The minimum absolute atomic E-state index is 0.503. The van der Waals surface area contributed by atoms with Gasteiger partial charge in [-0.05, 0) is 31.6 Å². The van der Waals surface area contributed by atoms with Gasteiger partial charge in [0.2, 0.25) is 0 Å². The Balaban J connectivity index is 2.35. The SMILES string of the molecule is CCCCC1(C(=O)O)CCCCC1(CCCCCCCCCCCCCC(C)C)C(=O)O. The summed E-state index contributed by atoms with van der Waals surface area (Å²) in [6.45, 7) is 6.64. The maximum atomic E-state index is 12.5. The van der Waals surface area contributed by atoms with Crippen molar-refractivity contribution in [3.63, 3.8) is 0 Å². The van der Waals surface area contributed by atoms with Gasteiger partial charge in [0.05, 0.1) is 10.8 Å². The molecule has 0 bridgehead atoms. The fourth-order valence-corrected chi connectivity index (χ4v) is 5.95. The first kappa shape index (κ1) is 29.0. The average molecular weight is 453 g/mol. The molecule has 2 atom stereocenters. The van der Waals surface area contributed by atoms with Gasteiger partial charge < -0.3 is 10.2 Å². The van der Waals surface area contributed by atoms with Crippen LogP contribution in [-0.4, -0.2) is 22.2 Å². The van der Waals surface area contributed by atoms with E-state index in [-0.39, 0.29) is 0 Å². The number of hydrogen-bond donors (Lipinski definition) is 2. The minimum atomic E-state index is -1.08. The van der Waals surface area contributed by atoms with Gasteiger partial charge in [0, 0.05) is 0 Å². The lowest BCUT2D eigenvalue weighted by molar-refractivity contribution is -0.182. The van der Waals surface area contributed by atoms with Gasteiger partial charge >= 0.3 is 11.9 Å². The summed E-state index contributed by atoms with van der Waals surface area (Å²) in [6, 6.07) is 0. The summed E-state index contributed by atoms with van der Waals surface area (Å²) in [5.74, 6) is -0.920. The predicted octanol–water partition coefficient (Wildman–Crippen LogP) is 8.62. The Morgan fingerprint density at radius 3 is 1.41 bits per heavy atom. The summed E-state index contributed by atoms with van der Waals surface area (Å²) in [7, 11) is 0. The molecule has 32 heavy (non-hydrogen) atoms. The number of carbonyl (C=O) groups is 2. The van der Waals surface area contributed by atoms with Crippen molar-refractivity contribution >= 4 is 11.9 Å². The predicted molar refractivity (Wildman–Crippen MR) is 133 cm³/mol. The Morgan fingerprint density at radius 1 is 0.656 bits per heavy atom. The van der Waals surface area contributed by atoms with Crippen LogP contribution in [0, 0.1) is 16.7 Å². The van der Waals surface area contributed by atoms with Crippen LogP contribution in [-0.2, 0) is 9.59 Å². The third-order valence-electron chi connectivity index (χ3n) is 8.03.